The van der Waals surface area contributed by atoms with Crippen LogP contribution in [0.15, 0.2) is 36.4 Å². The molecule has 2 aromatic rings. The number of methoxy groups -OCH3 is 1. The molecule has 8 heteroatoms. The molecule has 2 saturated carbocycles. The van der Waals surface area contributed by atoms with E-state index in [-0.39, 0.29) is 57.6 Å². The van der Waals surface area contributed by atoms with E-state index in [1.165, 1.54) is 37.4 Å². The average molecular weight is 497 g/mol. The van der Waals surface area contributed by atoms with E-state index in [1.807, 2.05) is 0 Å². The molecule has 0 heterocycles. The number of carbonyl (C=O) groups excluding carboxylic acids is 2. The van der Waals surface area contributed by atoms with Crippen molar-refractivity contribution in [2.75, 3.05) is 13.7 Å². The van der Waals surface area contributed by atoms with E-state index in [0.29, 0.717) is 12.1 Å². The zero-order valence-corrected chi connectivity index (χ0v) is 21.1. The second-order valence-corrected chi connectivity index (χ2v) is 11.1. The second kappa shape index (κ2) is 9.91. The van der Waals surface area contributed by atoms with Crippen LogP contribution in [0.5, 0.6) is 5.75 Å². The summed E-state index contributed by atoms with van der Waals surface area (Å²) in [5.74, 6) is -1.89. The van der Waals surface area contributed by atoms with Gasteiger partial charge in [0.15, 0.2) is 0 Å². The average Bonchev–Trinajstić information content (AvgIpc) is 3.43. The molecule has 0 aromatic heterocycles. The van der Waals surface area contributed by atoms with Gasteiger partial charge in [-0.15, -0.1) is 0 Å². The Balaban J connectivity index is 1.59. The van der Waals surface area contributed by atoms with Gasteiger partial charge in [0, 0.05) is 24.2 Å². The van der Waals surface area contributed by atoms with Gasteiger partial charge >= 0.3 is 5.97 Å². The molecule has 4 rings (SSSR count). The number of benzene rings is 2. The maximum absolute atomic E-state index is 14.9. The molecule has 2 aromatic carbocycles. The molecule has 0 spiro atoms. The minimum absolute atomic E-state index is 0.0345. The first kappa shape index (κ1) is 25.7. The van der Waals surface area contributed by atoms with Crippen LogP contribution in [0, 0.1) is 29.0 Å². The molecule has 0 unspecified atom stereocenters. The lowest BCUT2D eigenvalue weighted by Gasteiger charge is -2.32. The van der Waals surface area contributed by atoms with Gasteiger partial charge in [-0.05, 0) is 60.3 Å². The van der Waals surface area contributed by atoms with Crippen LogP contribution < -0.4 is 15.4 Å². The highest BCUT2D eigenvalue weighted by Crippen LogP contribution is 2.49. The summed E-state index contributed by atoms with van der Waals surface area (Å²) in [6, 6.07) is 8.05. The number of aromatic carboxylic acids is 1. The lowest BCUT2D eigenvalue weighted by Crippen LogP contribution is -2.50. The molecule has 0 aliphatic heterocycles. The summed E-state index contributed by atoms with van der Waals surface area (Å²) in [5.41, 5.74) is 0.788. The maximum atomic E-state index is 14.9. The van der Waals surface area contributed by atoms with Gasteiger partial charge in [-0.2, -0.15) is 0 Å². The Labute approximate surface area is 210 Å². The third-order valence-electron chi connectivity index (χ3n) is 7.29. The lowest BCUT2D eigenvalue weighted by atomic mass is 9.83. The number of halogens is 1. The number of ether oxygens (including phenoxy) is 1. The van der Waals surface area contributed by atoms with Crippen molar-refractivity contribution >= 4 is 17.8 Å². The van der Waals surface area contributed by atoms with Crippen LogP contribution >= 0.6 is 0 Å². The number of carbonyl (C=O) groups is 3. The number of nitrogens with one attached hydrogen (secondary N) is 2. The molecule has 2 amide bonds. The van der Waals surface area contributed by atoms with Crippen LogP contribution in [0.3, 0.4) is 0 Å². The fourth-order valence-electron chi connectivity index (χ4n) is 5.49. The van der Waals surface area contributed by atoms with Gasteiger partial charge in [0.2, 0.25) is 5.91 Å². The first-order valence-electron chi connectivity index (χ1n) is 12.3. The van der Waals surface area contributed by atoms with Crippen LogP contribution in [-0.4, -0.2) is 42.6 Å². The normalized spacial score (nSPS) is 22.8. The first-order valence-corrected chi connectivity index (χ1v) is 12.3. The maximum Gasteiger partial charge on any atom is 0.335 e. The van der Waals surface area contributed by atoms with E-state index >= 15 is 0 Å². The highest BCUT2D eigenvalue weighted by molar-refractivity contribution is 5.99. The van der Waals surface area contributed by atoms with Gasteiger partial charge in [0.1, 0.15) is 11.6 Å². The van der Waals surface area contributed by atoms with Gasteiger partial charge in [-0.1, -0.05) is 32.9 Å². The summed E-state index contributed by atoms with van der Waals surface area (Å²) in [4.78, 5) is 37.7. The molecule has 2 fully saturated rings. The van der Waals surface area contributed by atoms with E-state index in [4.69, 9.17) is 9.84 Å². The predicted octanol–water partition coefficient (Wildman–Crippen LogP) is 4.51. The Morgan fingerprint density at radius 1 is 1.08 bits per heavy atom. The van der Waals surface area contributed by atoms with E-state index in [0.717, 1.165) is 25.3 Å². The van der Waals surface area contributed by atoms with Gasteiger partial charge in [0.05, 0.1) is 24.2 Å². The third-order valence-corrected chi connectivity index (χ3v) is 7.29. The molecule has 0 radical (unpaired) electrons. The summed E-state index contributed by atoms with van der Waals surface area (Å²) in [6.45, 7) is 6.72. The SMILES string of the molecule is COc1cc(F)c(-c2ccc(C(=O)O)cc2)cc1C(=O)N[C@@H]1[C@H]2CC[C@H](C2)[C@@H]1C(=O)NCC(C)(C)C. The number of hydrogen-bond donors (Lipinski definition) is 3. The molecule has 4 atom stereocenters. The molecule has 2 aliphatic carbocycles. The number of hydrogen-bond acceptors (Lipinski definition) is 4. The fourth-order valence-corrected chi connectivity index (χ4v) is 5.49. The summed E-state index contributed by atoms with van der Waals surface area (Å²) in [7, 11) is 1.37. The highest BCUT2D eigenvalue weighted by Gasteiger charge is 2.51. The minimum atomic E-state index is -1.08. The van der Waals surface area contributed by atoms with Crippen molar-refractivity contribution in [1.82, 2.24) is 10.6 Å². The first-order chi connectivity index (χ1) is 17.0. The van der Waals surface area contributed by atoms with E-state index < -0.39 is 17.7 Å². The highest BCUT2D eigenvalue weighted by atomic mass is 19.1. The van der Waals surface area contributed by atoms with E-state index in [2.05, 4.69) is 31.4 Å². The second-order valence-electron chi connectivity index (χ2n) is 11.1. The topological polar surface area (TPSA) is 105 Å². The van der Waals surface area contributed by atoms with Crippen LogP contribution in [0.1, 0.15) is 60.7 Å². The van der Waals surface area contributed by atoms with Crippen LogP contribution in [0.2, 0.25) is 0 Å². The Morgan fingerprint density at radius 3 is 2.36 bits per heavy atom. The van der Waals surface area contributed by atoms with Gasteiger partial charge in [-0.25, -0.2) is 9.18 Å². The summed E-state index contributed by atoms with van der Waals surface area (Å²) >= 11 is 0. The van der Waals surface area contributed by atoms with E-state index in [1.54, 1.807) is 0 Å². The van der Waals surface area contributed by atoms with Crippen molar-refractivity contribution in [2.24, 2.45) is 23.2 Å². The van der Waals surface area contributed by atoms with Gasteiger partial charge in [-0.3, -0.25) is 9.59 Å². The fraction of sp³-hybridized carbons (Fsp3) is 0.464. The van der Waals surface area contributed by atoms with E-state index in [9.17, 15) is 18.8 Å². The van der Waals surface area contributed by atoms with Crippen molar-refractivity contribution in [3.63, 3.8) is 0 Å². The zero-order valence-electron chi connectivity index (χ0n) is 21.1. The molecule has 0 saturated heterocycles. The zero-order chi connectivity index (χ0) is 26.2. The summed E-state index contributed by atoms with van der Waals surface area (Å²) in [6.07, 6.45) is 2.83. The largest absolute Gasteiger partial charge is 0.496 e. The van der Waals surface area contributed by atoms with Crippen molar-refractivity contribution in [3.05, 3.63) is 53.3 Å². The third kappa shape index (κ3) is 5.22. The number of carboxylic acids is 1. The van der Waals surface area contributed by atoms with Crippen LogP contribution in [-0.2, 0) is 4.79 Å². The number of rotatable bonds is 7. The molecule has 2 aliphatic rings. The molecule has 2 bridgehead atoms. The molecule has 3 N–H and O–H groups in total. The van der Waals surface area contributed by atoms with Gasteiger partial charge in [0.25, 0.3) is 5.91 Å². The van der Waals surface area contributed by atoms with Crippen molar-refractivity contribution in [1.29, 1.82) is 0 Å². The molecule has 192 valence electrons. The molecular weight excluding hydrogens is 463 g/mol. The Bertz CT molecular complexity index is 1170. The van der Waals surface area contributed by atoms with Crippen molar-refractivity contribution in [2.45, 2.75) is 46.1 Å². The quantitative estimate of drug-likeness (QED) is 0.523. The van der Waals surface area contributed by atoms with Crippen LogP contribution in [0.4, 0.5) is 4.39 Å². The number of carboxylic acid groups (broad SMARTS) is 1. The number of fused-ring (bicyclic) bond motifs is 2. The Morgan fingerprint density at radius 2 is 1.75 bits per heavy atom. The predicted molar refractivity (Wildman–Crippen MR) is 133 cm³/mol. The summed E-state index contributed by atoms with van der Waals surface area (Å²) in [5, 5.41) is 15.3. The monoisotopic (exact) mass is 496 g/mol. The molecular formula is C28H33FN2O5. The summed E-state index contributed by atoms with van der Waals surface area (Å²) < 4.78 is 20.2. The molecule has 7 nitrogen and oxygen atoms in total. The standard InChI is InChI=1S/C28H33FN2O5/c1-28(2,3)14-30-26(33)23-17-9-10-18(11-17)24(23)31-25(32)20-12-19(21(29)13-22(20)36-4)15-5-7-16(8-6-15)27(34)35/h5-8,12-13,17-18,23-24H,9-11,14H2,1-4H3,(H,30,33)(H,31,32)(H,34,35)/t17-,18+,23+,24-/m1/s1. The number of amides is 2. The molecule has 36 heavy (non-hydrogen) atoms. The smallest absolute Gasteiger partial charge is 0.335 e. The Kier molecular flexibility index (Phi) is 7.07. The lowest BCUT2D eigenvalue weighted by molar-refractivity contribution is -0.127. The van der Waals surface area contributed by atoms with Crippen molar-refractivity contribution < 1.29 is 28.6 Å². The Hall–Kier alpha value is -3.42. The van der Waals surface area contributed by atoms with Gasteiger partial charge < -0.3 is 20.5 Å². The van der Waals surface area contributed by atoms with Crippen LogP contribution in [0.25, 0.3) is 11.1 Å². The minimum Gasteiger partial charge on any atom is -0.496 e. The van der Waals surface area contributed by atoms with Crippen molar-refractivity contribution in [3.8, 4) is 16.9 Å².